The van der Waals surface area contributed by atoms with Crippen molar-refractivity contribution in [2.24, 2.45) is 0 Å². The number of thiocarbonyl (C=S) groups is 1. The molecule has 4 rings (SSSR count). The number of sulfone groups is 1. The molecule has 0 atom stereocenters. The minimum Gasteiger partial charge on any atom is -0.480 e. The van der Waals surface area contributed by atoms with Gasteiger partial charge in [-0.05, 0) is 30.7 Å². The minimum atomic E-state index is -2.94. The smallest absolute Gasteiger partial charge is 0.323 e. The van der Waals surface area contributed by atoms with Crippen LogP contribution in [0.4, 0.5) is 5.69 Å². The highest BCUT2D eigenvalue weighted by Crippen LogP contribution is 2.30. The number of hydrogen-bond acceptors (Lipinski definition) is 9. The number of carbonyl (C=O) groups is 2. The Morgan fingerprint density at radius 3 is 2.42 bits per heavy atom. The van der Waals surface area contributed by atoms with Gasteiger partial charge in [0.25, 0.3) is 11.5 Å². The van der Waals surface area contributed by atoms with Gasteiger partial charge in [-0.2, -0.15) is 0 Å². The Bertz CT molecular complexity index is 1520. The quantitative estimate of drug-likeness (QED) is 0.506. The lowest BCUT2D eigenvalue weighted by atomic mass is 10.2. The van der Waals surface area contributed by atoms with E-state index in [2.05, 4.69) is 0 Å². The normalized spacial score (nSPS) is 20.1. The number of amides is 1. The van der Waals surface area contributed by atoms with Crippen LogP contribution in [0.1, 0.15) is 12.5 Å². The zero-order chi connectivity index (χ0) is 26.0. The lowest BCUT2D eigenvalue weighted by Crippen LogP contribution is -2.40. The van der Waals surface area contributed by atoms with E-state index in [4.69, 9.17) is 12.2 Å². The van der Waals surface area contributed by atoms with Gasteiger partial charge in [0.2, 0.25) is 0 Å². The van der Waals surface area contributed by atoms with Crippen molar-refractivity contribution < 1.29 is 23.1 Å². The van der Waals surface area contributed by atoms with Crippen molar-refractivity contribution in [3.8, 4) is 0 Å². The number of aromatic nitrogens is 1. The second kappa shape index (κ2) is 10.7. The standard InChI is InChI=1S/C23H23N3O6S4/c1-2-25-21(30)19(35-23(25)33)22-26(14-18(27)28)20(29)17(34-22)5-3-4-15-6-8-16(9-7-15)24-10-12-36(31,32)13-11-24/h3-9H,2,10-14H2,1H3,(H,27,28)/b4-3+,17-5+,22-19+. The van der Waals surface area contributed by atoms with Gasteiger partial charge < -0.3 is 10.0 Å². The number of hydrogen-bond donors (Lipinski definition) is 1. The maximum Gasteiger partial charge on any atom is 0.323 e. The van der Waals surface area contributed by atoms with Crippen molar-refractivity contribution in [1.82, 2.24) is 9.47 Å². The largest absolute Gasteiger partial charge is 0.480 e. The van der Waals surface area contributed by atoms with Crippen molar-refractivity contribution >= 4 is 84.1 Å². The van der Waals surface area contributed by atoms with Gasteiger partial charge >= 0.3 is 5.97 Å². The molecule has 0 aliphatic carbocycles. The number of benzene rings is 1. The Morgan fingerprint density at radius 1 is 1.17 bits per heavy atom. The predicted molar refractivity (Wildman–Crippen MR) is 147 cm³/mol. The molecule has 1 N–H and O–H groups in total. The summed E-state index contributed by atoms with van der Waals surface area (Å²) >= 11 is 7.38. The number of nitrogens with zero attached hydrogens (tertiary/aromatic N) is 3. The summed E-state index contributed by atoms with van der Waals surface area (Å²) in [5, 5.41) is 9.30. The number of carboxylic acid groups (broad SMARTS) is 1. The van der Waals surface area contributed by atoms with Crippen LogP contribution in [0.15, 0.2) is 35.1 Å². The molecule has 3 heterocycles. The first kappa shape index (κ1) is 26.3. The van der Waals surface area contributed by atoms with Gasteiger partial charge in [0.15, 0.2) is 9.84 Å². The summed E-state index contributed by atoms with van der Waals surface area (Å²) in [4.78, 5) is 40.8. The number of thioether (sulfide) groups is 1. The molecule has 0 unspecified atom stereocenters. The van der Waals surface area contributed by atoms with Crippen LogP contribution in [-0.4, -0.2) is 70.3 Å². The molecule has 2 aromatic rings. The number of carboxylic acids is 1. The van der Waals surface area contributed by atoms with Crippen molar-refractivity contribution in [1.29, 1.82) is 0 Å². The number of allylic oxidation sites excluding steroid dienone is 1. The third-order valence-electron chi connectivity index (χ3n) is 5.70. The first-order valence-electron chi connectivity index (χ1n) is 11.0. The summed E-state index contributed by atoms with van der Waals surface area (Å²) in [7, 11) is -2.94. The monoisotopic (exact) mass is 565 g/mol. The molecule has 0 bridgehead atoms. The number of aliphatic carboxylic acids is 1. The highest BCUT2D eigenvalue weighted by atomic mass is 32.2. The zero-order valence-electron chi connectivity index (χ0n) is 19.2. The van der Waals surface area contributed by atoms with E-state index in [1.54, 1.807) is 25.2 Å². The van der Waals surface area contributed by atoms with E-state index in [-0.39, 0.29) is 27.0 Å². The third-order valence-corrected chi connectivity index (χ3v) is 10.0. The average Bonchev–Trinajstić information content (AvgIpc) is 3.29. The van der Waals surface area contributed by atoms with Gasteiger partial charge in [-0.15, -0.1) is 11.3 Å². The lowest BCUT2D eigenvalue weighted by Gasteiger charge is -2.28. The molecule has 0 radical (unpaired) electrons. The molecule has 2 fully saturated rings. The maximum atomic E-state index is 12.9. The number of rotatable bonds is 6. The fourth-order valence-electron chi connectivity index (χ4n) is 3.79. The molecule has 190 valence electrons. The third kappa shape index (κ3) is 5.64. The molecule has 1 aromatic carbocycles. The Morgan fingerprint density at radius 2 is 1.83 bits per heavy atom. The molecule has 36 heavy (non-hydrogen) atoms. The highest BCUT2D eigenvalue weighted by Gasteiger charge is 2.33. The Kier molecular flexibility index (Phi) is 7.83. The Balaban J connectivity index is 1.61. The molecule has 1 aromatic heterocycles. The van der Waals surface area contributed by atoms with Crippen LogP contribution in [0.5, 0.6) is 0 Å². The molecular formula is C23H23N3O6S4. The summed E-state index contributed by atoms with van der Waals surface area (Å²) in [6.07, 6.45) is 5.10. The minimum absolute atomic E-state index is 0.150. The van der Waals surface area contributed by atoms with Crippen molar-refractivity contribution in [3.05, 3.63) is 55.5 Å². The second-order valence-corrected chi connectivity index (χ2v) is 13.0. The molecule has 9 nitrogen and oxygen atoms in total. The molecular weight excluding hydrogens is 543 g/mol. The fraction of sp³-hybridized carbons (Fsp3) is 0.304. The van der Waals surface area contributed by atoms with E-state index in [9.17, 15) is 27.9 Å². The van der Waals surface area contributed by atoms with Crippen LogP contribution in [0.25, 0.3) is 17.1 Å². The fourth-order valence-corrected chi connectivity index (χ4v) is 7.59. The second-order valence-electron chi connectivity index (χ2n) is 8.06. The van der Waals surface area contributed by atoms with E-state index in [1.165, 1.54) is 4.90 Å². The van der Waals surface area contributed by atoms with Crippen LogP contribution in [-0.2, 0) is 26.0 Å². The van der Waals surface area contributed by atoms with Gasteiger partial charge in [0, 0.05) is 25.3 Å². The molecule has 2 aliphatic rings. The summed E-state index contributed by atoms with van der Waals surface area (Å²) < 4.78 is 25.3. The van der Waals surface area contributed by atoms with Gasteiger partial charge in [0.05, 0.1) is 16.0 Å². The van der Waals surface area contributed by atoms with Crippen LogP contribution in [0, 0.1) is 0 Å². The van der Waals surface area contributed by atoms with Crippen LogP contribution < -0.4 is 19.7 Å². The average molecular weight is 566 g/mol. The van der Waals surface area contributed by atoms with E-state index >= 15 is 0 Å². The topological polar surface area (TPSA) is 117 Å². The summed E-state index contributed by atoms with van der Waals surface area (Å²) in [6.45, 7) is 2.56. The van der Waals surface area contributed by atoms with E-state index in [0.29, 0.717) is 28.5 Å². The summed E-state index contributed by atoms with van der Waals surface area (Å²) in [6, 6.07) is 7.63. The molecule has 1 amide bonds. The maximum absolute atomic E-state index is 12.9. The van der Waals surface area contributed by atoms with Crippen molar-refractivity contribution in [2.75, 3.05) is 36.0 Å². The predicted octanol–water partition coefficient (Wildman–Crippen LogP) is 0.712. The first-order chi connectivity index (χ1) is 17.1. The number of carbonyl (C=O) groups excluding carboxylic acids is 1. The molecule has 0 spiro atoms. The van der Waals surface area contributed by atoms with Gasteiger partial charge in [-0.3, -0.25) is 23.9 Å². The van der Waals surface area contributed by atoms with E-state index < -0.39 is 27.9 Å². The van der Waals surface area contributed by atoms with Gasteiger partial charge in [-0.1, -0.05) is 48.3 Å². The highest BCUT2D eigenvalue weighted by molar-refractivity contribution is 8.30. The summed E-state index contributed by atoms with van der Waals surface area (Å²) in [5.41, 5.74) is 1.33. The number of thiazole rings is 1. The van der Waals surface area contributed by atoms with E-state index in [0.717, 1.165) is 38.9 Å². The van der Waals surface area contributed by atoms with Crippen molar-refractivity contribution in [3.63, 3.8) is 0 Å². The molecule has 0 saturated carbocycles. The van der Waals surface area contributed by atoms with Crippen LogP contribution in [0.3, 0.4) is 0 Å². The zero-order valence-corrected chi connectivity index (χ0v) is 22.5. The van der Waals surface area contributed by atoms with Gasteiger partial charge in [-0.25, -0.2) is 8.42 Å². The SMILES string of the molecule is CCN1C(=O)/C(=c2\s/c(=C/C=C/c3ccc(N4CCS(=O)(=O)CC4)cc3)c(=O)n2CC(=O)O)SC1=S. The molecule has 13 heteroatoms. The van der Waals surface area contributed by atoms with Gasteiger partial charge in [0.1, 0.15) is 20.4 Å². The molecule has 2 saturated heterocycles. The summed E-state index contributed by atoms with van der Waals surface area (Å²) in [5.74, 6) is -1.22. The van der Waals surface area contributed by atoms with E-state index in [1.807, 2.05) is 29.2 Å². The molecule has 2 aliphatic heterocycles. The first-order valence-corrected chi connectivity index (χ1v) is 14.9. The van der Waals surface area contributed by atoms with Crippen LogP contribution >= 0.6 is 35.3 Å². The van der Waals surface area contributed by atoms with Crippen molar-refractivity contribution in [2.45, 2.75) is 13.5 Å². The van der Waals surface area contributed by atoms with Crippen LogP contribution in [0.2, 0.25) is 0 Å². The Labute approximate surface area is 220 Å². The lowest BCUT2D eigenvalue weighted by molar-refractivity contribution is -0.137. The number of anilines is 1. The Hall–Kier alpha value is -2.74.